The smallest absolute Gasteiger partial charge is 0.343 e. The molecule has 2 aromatic rings. The van der Waals surface area contributed by atoms with E-state index in [1.165, 1.54) is 0 Å². The number of hydrogen-bond acceptors (Lipinski definition) is 5. The predicted octanol–water partition coefficient (Wildman–Crippen LogP) is 2.73. The Morgan fingerprint density at radius 3 is 2.36 bits per heavy atom. The van der Waals surface area contributed by atoms with E-state index in [1.807, 2.05) is 6.92 Å². The molecule has 0 heterocycles. The summed E-state index contributed by atoms with van der Waals surface area (Å²) in [6.45, 7) is 2.68. The highest BCUT2D eigenvalue weighted by Crippen LogP contribution is 2.16. The number of rotatable bonds is 6. The van der Waals surface area contributed by atoms with E-state index in [0.717, 1.165) is 12.1 Å². The van der Waals surface area contributed by atoms with Gasteiger partial charge in [-0.15, -0.1) is 0 Å². The predicted molar refractivity (Wildman–Crippen MR) is 101 cm³/mol. The average Bonchev–Trinajstić information content (AvgIpc) is 2.63. The number of carbonyl (C=O) groups is 1. The first-order chi connectivity index (χ1) is 12.1. The first-order valence-electron chi connectivity index (χ1n) is 7.65. The summed E-state index contributed by atoms with van der Waals surface area (Å²) in [7, 11) is 1.57. The van der Waals surface area contributed by atoms with Crippen molar-refractivity contribution < 1.29 is 14.3 Å². The molecule has 0 fully saturated rings. The number of thiocarbonyl (C=S) groups is 1. The van der Waals surface area contributed by atoms with Crippen molar-refractivity contribution in [2.24, 2.45) is 5.10 Å². The summed E-state index contributed by atoms with van der Waals surface area (Å²) in [5.41, 5.74) is 4.00. The number of hydrazone groups is 1. The molecule has 0 unspecified atom stereocenters. The number of esters is 1. The normalized spacial score (nSPS) is 10.3. The standard InChI is InChI=1S/C18H19N3O3S/c1-3-19-18(25)21-20-12-13-4-8-16(9-5-13)24-17(22)14-6-10-15(23-2)11-7-14/h4-12H,3H2,1-2H3,(H2,19,21,25)/b20-12+. The first-order valence-corrected chi connectivity index (χ1v) is 8.06. The molecular weight excluding hydrogens is 338 g/mol. The van der Waals surface area contributed by atoms with Crippen LogP contribution in [0.3, 0.4) is 0 Å². The summed E-state index contributed by atoms with van der Waals surface area (Å²) in [5.74, 6) is 0.707. The minimum Gasteiger partial charge on any atom is -0.497 e. The molecule has 0 spiro atoms. The number of benzene rings is 2. The number of carbonyl (C=O) groups excluding carboxylic acids is 1. The van der Waals surface area contributed by atoms with Gasteiger partial charge in [0.05, 0.1) is 18.9 Å². The molecule has 0 aromatic heterocycles. The molecule has 0 saturated carbocycles. The molecule has 0 bridgehead atoms. The van der Waals surface area contributed by atoms with Crippen molar-refractivity contribution >= 4 is 29.5 Å². The van der Waals surface area contributed by atoms with Crippen molar-refractivity contribution in [3.63, 3.8) is 0 Å². The van der Waals surface area contributed by atoms with Crippen LogP contribution in [0.4, 0.5) is 0 Å². The Bertz CT molecular complexity index is 743. The largest absolute Gasteiger partial charge is 0.497 e. The van der Waals surface area contributed by atoms with Gasteiger partial charge in [0.25, 0.3) is 0 Å². The van der Waals surface area contributed by atoms with Gasteiger partial charge in [0.2, 0.25) is 0 Å². The number of nitrogens with zero attached hydrogens (tertiary/aromatic N) is 1. The summed E-state index contributed by atoms with van der Waals surface area (Å²) >= 11 is 5.00. The number of methoxy groups -OCH3 is 1. The molecule has 25 heavy (non-hydrogen) atoms. The van der Waals surface area contributed by atoms with E-state index in [2.05, 4.69) is 15.8 Å². The van der Waals surface area contributed by atoms with Crippen molar-refractivity contribution in [3.8, 4) is 11.5 Å². The summed E-state index contributed by atoms with van der Waals surface area (Å²) in [6.07, 6.45) is 1.62. The number of hydrogen-bond donors (Lipinski definition) is 2. The molecule has 130 valence electrons. The molecular formula is C18H19N3O3S. The highest BCUT2D eigenvalue weighted by atomic mass is 32.1. The maximum atomic E-state index is 12.1. The molecule has 0 aliphatic rings. The lowest BCUT2D eigenvalue weighted by Crippen LogP contribution is -2.31. The van der Waals surface area contributed by atoms with Gasteiger partial charge in [-0.2, -0.15) is 5.10 Å². The molecule has 7 heteroatoms. The molecule has 2 rings (SSSR count). The van der Waals surface area contributed by atoms with E-state index in [-0.39, 0.29) is 0 Å². The monoisotopic (exact) mass is 357 g/mol. The zero-order valence-corrected chi connectivity index (χ0v) is 14.8. The fourth-order valence-corrected chi connectivity index (χ4v) is 2.08. The SMILES string of the molecule is CCNC(=S)N/N=C/c1ccc(OC(=O)c2ccc(OC)cc2)cc1. The van der Waals surface area contributed by atoms with Crippen molar-refractivity contribution in [2.75, 3.05) is 13.7 Å². The van der Waals surface area contributed by atoms with Gasteiger partial charge in [0.15, 0.2) is 5.11 Å². The van der Waals surface area contributed by atoms with Gasteiger partial charge in [-0.3, -0.25) is 5.43 Å². The van der Waals surface area contributed by atoms with Crippen LogP contribution in [0.25, 0.3) is 0 Å². The summed E-state index contributed by atoms with van der Waals surface area (Å²) in [6, 6.07) is 13.7. The maximum absolute atomic E-state index is 12.1. The molecule has 2 aromatic carbocycles. The van der Waals surface area contributed by atoms with Gasteiger partial charge in [-0.1, -0.05) is 0 Å². The molecule has 6 nitrogen and oxygen atoms in total. The van der Waals surface area contributed by atoms with Gasteiger partial charge in [-0.25, -0.2) is 4.79 Å². The van der Waals surface area contributed by atoms with E-state index in [1.54, 1.807) is 61.9 Å². The zero-order valence-electron chi connectivity index (χ0n) is 14.0. The topological polar surface area (TPSA) is 72.0 Å². The minimum atomic E-state index is -0.429. The van der Waals surface area contributed by atoms with E-state index >= 15 is 0 Å². The van der Waals surface area contributed by atoms with Gasteiger partial charge < -0.3 is 14.8 Å². The lowest BCUT2D eigenvalue weighted by Gasteiger charge is -2.06. The molecule has 2 N–H and O–H groups in total. The maximum Gasteiger partial charge on any atom is 0.343 e. The lowest BCUT2D eigenvalue weighted by atomic mass is 10.2. The van der Waals surface area contributed by atoms with Crippen molar-refractivity contribution in [2.45, 2.75) is 6.92 Å². The van der Waals surface area contributed by atoms with Crippen LogP contribution in [0, 0.1) is 0 Å². The van der Waals surface area contributed by atoms with Crippen molar-refractivity contribution in [1.82, 2.24) is 10.7 Å². The van der Waals surface area contributed by atoms with E-state index in [0.29, 0.717) is 22.2 Å². The zero-order chi connectivity index (χ0) is 18.1. The van der Waals surface area contributed by atoms with Crippen LogP contribution < -0.4 is 20.2 Å². The van der Waals surface area contributed by atoms with Crippen LogP contribution in [0.15, 0.2) is 53.6 Å². The van der Waals surface area contributed by atoms with Gasteiger partial charge >= 0.3 is 5.97 Å². The van der Waals surface area contributed by atoms with E-state index < -0.39 is 5.97 Å². The Balaban J connectivity index is 1.91. The molecule has 0 aliphatic heterocycles. The van der Waals surface area contributed by atoms with Gasteiger partial charge in [0.1, 0.15) is 11.5 Å². The summed E-state index contributed by atoms with van der Waals surface area (Å²) < 4.78 is 10.4. The second-order valence-electron chi connectivity index (χ2n) is 4.92. The summed E-state index contributed by atoms with van der Waals surface area (Å²) in [5, 5.41) is 7.40. The molecule has 0 saturated heterocycles. The number of ether oxygens (including phenoxy) is 2. The third-order valence-electron chi connectivity index (χ3n) is 3.13. The number of nitrogens with one attached hydrogen (secondary N) is 2. The first kappa shape index (κ1) is 18.4. The fourth-order valence-electron chi connectivity index (χ4n) is 1.88. The Morgan fingerprint density at radius 2 is 1.76 bits per heavy atom. The van der Waals surface area contributed by atoms with Crippen LogP contribution >= 0.6 is 12.2 Å². The van der Waals surface area contributed by atoms with Crippen LogP contribution in [0.5, 0.6) is 11.5 Å². The lowest BCUT2D eigenvalue weighted by molar-refractivity contribution is 0.0734. The van der Waals surface area contributed by atoms with Crippen LogP contribution in [0.2, 0.25) is 0 Å². The Kier molecular flexibility index (Phi) is 6.91. The van der Waals surface area contributed by atoms with Crippen molar-refractivity contribution in [1.29, 1.82) is 0 Å². The average molecular weight is 357 g/mol. The van der Waals surface area contributed by atoms with E-state index in [9.17, 15) is 4.79 Å². The Morgan fingerprint density at radius 1 is 1.12 bits per heavy atom. The van der Waals surface area contributed by atoms with Crippen LogP contribution in [-0.4, -0.2) is 31.0 Å². The third kappa shape index (κ3) is 5.89. The minimum absolute atomic E-state index is 0.429. The highest BCUT2D eigenvalue weighted by molar-refractivity contribution is 7.80. The van der Waals surface area contributed by atoms with Crippen LogP contribution in [0.1, 0.15) is 22.8 Å². The molecule has 0 radical (unpaired) electrons. The molecule has 0 aliphatic carbocycles. The fraction of sp³-hybridized carbons (Fsp3) is 0.167. The van der Waals surface area contributed by atoms with Gasteiger partial charge in [0, 0.05) is 6.54 Å². The summed E-state index contributed by atoms with van der Waals surface area (Å²) in [4.78, 5) is 12.1. The Labute approximate surface area is 151 Å². The highest BCUT2D eigenvalue weighted by Gasteiger charge is 2.08. The van der Waals surface area contributed by atoms with E-state index in [4.69, 9.17) is 21.7 Å². The molecule has 0 amide bonds. The van der Waals surface area contributed by atoms with Gasteiger partial charge in [-0.05, 0) is 73.2 Å². The second kappa shape index (κ2) is 9.39. The Hall–Kier alpha value is -2.93. The quantitative estimate of drug-likeness (QED) is 0.272. The van der Waals surface area contributed by atoms with Crippen molar-refractivity contribution in [3.05, 3.63) is 59.7 Å². The molecule has 0 atom stereocenters. The van der Waals surface area contributed by atoms with Crippen LogP contribution in [-0.2, 0) is 0 Å². The second-order valence-corrected chi connectivity index (χ2v) is 5.32. The third-order valence-corrected chi connectivity index (χ3v) is 3.37.